The normalized spacial score (nSPS) is 21.2. The highest BCUT2D eigenvalue weighted by atomic mass is 35.5. The molecule has 0 radical (unpaired) electrons. The van der Waals surface area contributed by atoms with Gasteiger partial charge in [-0.25, -0.2) is 8.42 Å². The van der Waals surface area contributed by atoms with Crippen molar-refractivity contribution in [3.8, 4) is 0 Å². The number of sulfone groups is 1. The van der Waals surface area contributed by atoms with Crippen molar-refractivity contribution < 1.29 is 8.42 Å². The molecule has 0 bridgehead atoms. The fourth-order valence-corrected chi connectivity index (χ4v) is 3.45. The van der Waals surface area contributed by atoms with E-state index in [2.05, 4.69) is 5.32 Å². The first-order valence-corrected chi connectivity index (χ1v) is 7.49. The summed E-state index contributed by atoms with van der Waals surface area (Å²) in [4.78, 5) is 0.347. The molecule has 0 amide bonds. The fraction of sp³-hybridized carbons (Fsp3) is 0.455. The lowest BCUT2D eigenvalue weighted by molar-refractivity contribution is 0.591. The summed E-state index contributed by atoms with van der Waals surface area (Å²) in [5, 5.41) is 3.81. The highest BCUT2D eigenvalue weighted by Crippen LogP contribution is 2.34. The maximum atomic E-state index is 11.7. The lowest BCUT2D eigenvalue weighted by atomic mass is 10.1. The summed E-state index contributed by atoms with van der Waals surface area (Å²) >= 11 is 6.11. The Bertz CT molecular complexity index is 493. The SMILES string of the molecule is CS(=O)(=O)c1cccc(Cl)c1C1CCCN1. The summed E-state index contributed by atoms with van der Waals surface area (Å²) in [6.07, 6.45) is 3.21. The zero-order valence-corrected chi connectivity index (χ0v) is 10.6. The first kappa shape index (κ1) is 11.9. The number of rotatable bonds is 2. The van der Waals surface area contributed by atoms with Crippen LogP contribution in [0.3, 0.4) is 0 Å². The van der Waals surface area contributed by atoms with Crippen molar-refractivity contribution in [2.24, 2.45) is 0 Å². The molecule has 88 valence electrons. The van der Waals surface area contributed by atoms with Crippen molar-refractivity contribution in [2.75, 3.05) is 12.8 Å². The lowest BCUT2D eigenvalue weighted by Gasteiger charge is -2.16. The minimum Gasteiger partial charge on any atom is -0.310 e. The first-order chi connectivity index (χ1) is 7.50. The molecule has 1 N–H and O–H groups in total. The van der Waals surface area contributed by atoms with Crippen LogP contribution in [0.4, 0.5) is 0 Å². The monoisotopic (exact) mass is 259 g/mol. The van der Waals surface area contributed by atoms with E-state index < -0.39 is 9.84 Å². The van der Waals surface area contributed by atoms with Crippen molar-refractivity contribution in [3.05, 3.63) is 28.8 Å². The van der Waals surface area contributed by atoms with Crippen LogP contribution in [0.5, 0.6) is 0 Å². The van der Waals surface area contributed by atoms with E-state index in [1.165, 1.54) is 6.26 Å². The molecule has 0 aromatic heterocycles. The van der Waals surface area contributed by atoms with Crippen molar-refractivity contribution in [1.82, 2.24) is 5.32 Å². The van der Waals surface area contributed by atoms with Crippen LogP contribution in [0.2, 0.25) is 5.02 Å². The van der Waals surface area contributed by atoms with Crippen LogP contribution in [-0.2, 0) is 9.84 Å². The van der Waals surface area contributed by atoms with Crippen LogP contribution in [0.1, 0.15) is 24.4 Å². The number of nitrogens with one attached hydrogen (secondary N) is 1. The highest BCUT2D eigenvalue weighted by Gasteiger charge is 2.25. The van der Waals surface area contributed by atoms with Gasteiger partial charge in [0.25, 0.3) is 0 Å². The third-order valence-corrected chi connectivity index (χ3v) is 4.31. The van der Waals surface area contributed by atoms with E-state index in [0.29, 0.717) is 9.92 Å². The van der Waals surface area contributed by atoms with Gasteiger partial charge in [-0.1, -0.05) is 17.7 Å². The largest absolute Gasteiger partial charge is 0.310 e. The Hall–Kier alpha value is -0.580. The van der Waals surface area contributed by atoms with Crippen LogP contribution in [0.15, 0.2) is 23.1 Å². The third-order valence-electron chi connectivity index (χ3n) is 2.82. The zero-order chi connectivity index (χ0) is 11.8. The van der Waals surface area contributed by atoms with Crippen molar-refractivity contribution in [3.63, 3.8) is 0 Å². The van der Waals surface area contributed by atoms with Gasteiger partial charge < -0.3 is 5.32 Å². The minimum atomic E-state index is -3.22. The molecule has 1 saturated heterocycles. The third kappa shape index (κ3) is 2.24. The predicted molar refractivity (Wildman–Crippen MR) is 64.5 cm³/mol. The predicted octanol–water partition coefficient (Wildman–Crippen LogP) is 2.17. The van der Waals surface area contributed by atoms with E-state index in [9.17, 15) is 8.42 Å². The fourth-order valence-electron chi connectivity index (χ4n) is 2.11. The highest BCUT2D eigenvalue weighted by molar-refractivity contribution is 7.90. The minimum absolute atomic E-state index is 0.0680. The molecule has 1 fully saturated rings. The number of hydrogen-bond acceptors (Lipinski definition) is 3. The lowest BCUT2D eigenvalue weighted by Crippen LogP contribution is -2.16. The van der Waals surface area contributed by atoms with Crippen LogP contribution >= 0.6 is 11.6 Å². The standard InChI is InChI=1S/C11H14ClNO2S/c1-16(14,15)10-6-2-4-8(12)11(10)9-5-3-7-13-9/h2,4,6,9,13H,3,5,7H2,1H3. The van der Waals surface area contributed by atoms with Gasteiger partial charge >= 0.3 is 0 Å². The molecule has 1 atom stereocenters. The Morgan fingerprint density at radius 1 is 1.44 bits per heavy atom. The molecule has 1 heterocycles. The van der Waals surface area contributed by atoms with Gasteiger partial charge in [-0.3, -0.25) is 0 Å². The molecule has 3 nitrogen and oxygen atoms in total. The molecule has 1 aliphatic rings. The maximum Gasteiger partial charge on any atom is 0.175 e. The van der Waals surface area contributed by atoms with E-state index in [1.54, 1.807) is 18.2 Å². The topological polar surface area (TPSA) is 46.2 Å². The Kier molecular flexibility index (Phi) is 3.24. The van der Waals surface area contributed by atoms with Crippen LogP contribution < -0.4 is 5.32 Å². The number of benzene rings is 1. The van der Waals surface area contributed by atoms with Crippen LogP contribution in [-0.4, -0.2) is 21.2 Å². The molecule has 1 aliphatic heterocycles. The molecule has 1 aromatic carbocycles. The summed E-state index contributed by atoms with van der Waals surface area (Å²) in [5.74, 6) is 0. The van der Waals surface area contributed by atoms with E-state index in [4.69, 9.17) is 11.6 Å². The van der Waals surface area contributed by atoms with Crippen molar-refractivity contribution in [1.29, 1.82) is 0 Å². The molecule has 1 aromatic rings. The Morgan fingerprint density at radius 3 is 2.75 bits per heavy atom. The van der Waals surface area contributed by atoms with E-state index in [0.717, 1.165) is 24.9 Å². The molecule has 1 unspecified atom stereocenters. The summed E-state index contributed by atoms with van der Waals surface area (Å²) < 4.78 is 23.4. The average molecular weight is 260 g/mol. The van der Waals surface area contributed by atoms with E-state index >= 15 is 0 Å². The van der Waals surface area contributed by atoms with Gasteiger partial charge in [0.15, 0.2) is 9.84 Å². The second kappa shape index (κ2) is 4.35. The molecule has 2 rings (SSSR count). The van der Waals surface area contributed by atoms with Crippen LogP contribution in [0.25, 0.3) is 0 Å². The molecule has 0 saturated carbocycles. The second-order valence-electron chi connectivity index (χ2n) is 4.07. The second-order valence-corrected chi connectivity index (χ2v) is 6.46. The smallest absolute Gasteiger partial charge is 0.175 e. The summed E-state index contributed by atoms with van der Waals surface area (Å²) in [5.41, 5.74) is 0.726. The Balaban J connectivity index is 2.57. The molecular formula is C11H14ClNO2S. The average Bonchev–Trinajstić information content (AvgIpc) is 2.68. The molecular weight excluding hydrogens is 246 g/mol. The van der Waals surface area contributed by atoms with E-state index in [1.807, 2.05) is 0 Å². The molecule has 0 aliphatic carbocycles. The Morgan fingerprint density at radius 2 is 2.19 bits per heavy atom. The molecule has 16 heavy (non-hydrogen) atoms. The molecule has 5 heteroatoms. The van der Waals surface area contributed by atoms with Crippen LogP contribution in [0, 0.1) is 0 Å². The van der Waals surface area contributed by atoms with E-state index in [-0.39, 0.29) is 6.04 Å². The maximum absolute atomic E-state index is 11.7. The van der Waals surface area contributed by atoms with Gasteiger partial charge in [-0.2, -0.15) is 0 Å². The quantitative estimate of drug-likeness (QED) is 0.886. The van der Waals surface area contributed by atoms with Gasteiger partial charge in [-0.05, 0) is 31.5 Å². The van der Waals surface area contributed by atoms with Gasteiger partial charge in [-0.15, -0.1) is 0 Å². The van der Waals surface area contributed by atoms with Gasteiger partial charge in [0.1, 0.15) is 0 Å². The number of hydrogen-bond donors (Lipinski definition) is 1. The van der Waals surface area contributed by atoms with Gasteiger partial charge in [0.05, 0.1) is 4.90 Å². The Labute approximate surface area is 101 Å². The summed E-state index contributed by atoms with van der Waals surface area (Å²) in [6.45, 7) is 0.916. The van der Waals surface area contributed by atoms with Gasteiger partial charge in [0.2, 0.25) is 0 Å². The summed E-state index contributed by atoms with van der Waals surface area (Å²) in [6, 6.07) is 5.11. The van der Waals surface area contributed by atoms with Crippen molar-refractivity contribution in [2.45, 2.75) is 23.8 Å². The van der Waals surface area contributed by atoms with Crippen molar-refractivity contribution >= 4 is 21.4 Å². The van der Waals surface area contributed by atoms with Gasteiger partial charge in [0, 0.05) is 22.9 Å². The summed E-state index contributed by atoms with van der Waals surface area (Å²) in [7, 11) is -3.22. The number of halogens is 1. The molecule has 0 spiro atoms. The first-order valence-electron chi connectivity index (χ1n) is 5.22. The zero-order valence-electron chi connectivity index (χ0n) is 9.03.